The lowest BCUT2D eigenvalue weighted by atomic mass is 9.84. The van der Waals surface area contributed by atoms with Crippen LogP contribution in [0.3, 0.4) is 0 Å². The minimum Gasteiger partial charge on any atom is -0.444 e. The lowest BCUT2D eigenvalue weighted by molar-refractivity contribution is -0.121. The van der Waals surface area contributed by atoms with Gasteiger partial charge in [0, 0.05) is 35.6 Å². The van der Waals surface area contributed by atoms with Crippen molar-refractivity contribution in [3.05, 3.63) is 58.1 Å². The number of likely N-dealkylation sites (tertiary alicyclic amines) is 1. The molecule has 2 aromatic carbocycles. The summed E-state index contributed by atoms with van der Waals surface area (Å²) in [6, 6.07) is 11.9. The monoisotopic (exact) mass is 483 g/mol. The van der Waals surface area contributed by atoms with Crippen LogP contribution in [0.15, 0.2) is 36.4 Å². The number of fused-ring (bicyclic) bond motifs is 1. The SMILES string of the molecule is Cc1cccc(Cl)c1[C@]1(Nc2ccc3c(c2)N(C)C(=O)C3(C)C)CCN(C(=O)OC(C)(C)C)C1. The molecule has 2 aliphatic rings. The Morgan fingerprint density at radius 2 is 1.88 bits per heavy atom. The van der Waals surface area contributed by atoms with Gasteiger partial charge in [-0.25, -0.2) is 4.79 Å². The molecule has 182 valence electrons. The first-order valence-corrected chi connectivity index (χ1v) is 12.1. The van der Waals surface area contributed by atoms with Crippen molar-refractivity contribution >= 4 is 35.0 Å². The van der Waals surface area contributed by atoms with Crippen LogP contribution in [-0.4, -0.2) is 42.6 Å². The second-order valence-electron chi connectivity index (χ2n) is 11.0. The summed E-state index contributed by atoms with van der Waals surface area (Å²) >= 11 is 6.74. The molecule has 0 spiro atoms. The molecule has 1 saturated heterocycles. The maximum atomic E-state index is 12.9. The maximum absolute atomic E-state index is 12.9. The van der Waals surface area contributed by atoms with Gasteiger partial charge in [-0.2, -0.15) is 0 Å². The summed E-state index contributed by atoms with van der Waals surface area (Å²) in [5.74, 6) is 0.0771. The molecule has 7 heteroatoms. The molecule has 0 aromatic heterocycles. The molecule has 1 atom stereocenters. The van der Waals surface area contributed by atoms with Gasteiger partial charge < -0.3 is 19.9 Å². The Bertz CT molecular complexity index is 1130. The molecule has 2 aliphatic heterocycles. The molecule has 2 amide bonds. The van der Waals surface area contributed by atoms with Crippen LogP contribution in [0.4, 0.5) is 16.2 Å². The molecule has 2 heterocycles. The third kappa shape index (κ3) is 4.13. The fourth-order valence-corrected chi connectivity index (χ4v) is 5.64. The van der Waals surface area contributed by atoms with E-state index in [4.69, 9.17) is 16.3 Å². The van der Waals surface area contributed by atoms with Crippen molar-refractivity contribution < 1.29 is 14.3 Å². The van der Waals surface area contributed by atoms with E-state index in [1.807, 2.05) is 85.0 Å². The fraction of sp³-hybridized carbons (Fsp3) is 0.481. The zero-order valence-electron chi connectivity index (χ0n) is 21.1. The summed E-state index contributed by atoms with van der Waals surface area (Å²) in [5, 5.41) is 4.38. The Morgan fingerprint density at radius 3 is 2.53 bits per heavy atom. The highest BCUT2D eigenvalue weighted by molar-refractivity contribution is 6.31. The molecule has 0 aliphatic carbocycles. The van der Waals surface area contributed by atoms with Crippen molar-refractivity contribution in [1.82, 2.24) is 4.90 Å². The Morgan fingerprint density at radius 1 is 1.18 bits per heavy atom. The third-order valence-electron chi connectivity index (χ3n) is 6.88. The third-order valence-corrected chi connectivity index (χ3v) is 7.19. The fourth-order valence-electron chi connectivity index (χ4n) is 5.23. The maximum Gasteiger partial charge on any atom is 0.410 e. The average molecular weight is 484 g/mol. The highest BCUT2D eigenvalue weighted by atomic mass is 35.5. The minimum absolute atomic E-state index is 0.0771. The van der Waals surface area contributed by atoms with Crippen LogP contribution in [0.2, 0.25) is 5.02 Å². The van der Waals surface area contributed by atoms with Gasteiger partial charge in [0.2, 0.25) is 5.91 Å². The van der Waals surface area contributed by atoms with Crippen LogP contribution in [0.1, 0.15) is 57.7 Å². The molecule has 0 saturated carbocycles. The van der Waals surface area contributed by atoms with Crippen LogP contribution < -0.4 is 10.2 Å². The first-order chi connectivity index (χ1) is 15.7. The van der Waals surface area contributed by atoms with E-state index in [1.54, 1.807) is 9.80 Å². The summed E-state index contributed by atoms with van der Waals surface area (Å²) in [6.45, 7) is 12.5. The second-order valence-corrected chi connectivity index (χ2v) is 11.4. The number of aryl methyl sites for hydroxylation is 1. The topological polar surface area (TPSA) is 61.9 Å². The molecule has 6 nitrogen and oxygen atoms in total. The number of anilines is 2. The van der Waals surface area contributed by atoms with Crippen LogP contribution in [0, 0.1) is 6.92 Å². The van der Waals surface area contributed by atoms with E-state index in [1.165, 1.54) is 0 Å². The molecule has 0 radical (unpaired) electrons. The molecule has 0 unspecified atom stereocenters. The number of benzene rings is 2. The summed E-state index contributed by atoms with van der Waals surface area (Å²) < 4.78 is 5.65. The first kappa shape index (κ1) is 24.4. The predicted molar refractivity (Wildman–Crippen MR) is 137 cm³/mol. The van der Waals surface area contributed by atoms with E-state index in [9.17, 15) is 9.59 Å². The number of amides is 2. The molecule has 1 N–H and O–H groups in total. The van der Waals surface area contributed by atoms with Gasteiger partial charge in [-0.1, -0.05) is 29.8 Å². The Labute approximate surface area is 207 Å². The number of nitrogens with one attached hydrogen (secondary N) is 1. The Balaban J connectivity index is 1.73. The number of halogens is 1. The zero-order valence-corrected chi connectivity index (χ0v) is 21.8. The van der Waals surface area contributed by atoms with E-state index >= 15 is 0 Å². The average Bonchev–Trinajstić information content (AvgIpc) is 3.22. The van der Waals surface area contributed by atoms with Crippen LogP contribution in [0.5, 0.6) is 0 Å². The number of carbonyl (C=O) groups excluding carboxylic acids is 2. The molecule has 4 rings (SSSR count). The predicted octanol–water partition coefficient (Wildman–Crippen LogP) is 5.85. The van der Waals surface area contributed by atoms with E-state index in [0.29, 0.717) is 24.5 Å². The highest BCUT2D eigenvalue weighted by Gasteiger charge is 2.46. The largest absolute Gasteiger partial charge is 0.444 e. The van der Waals surface area contributed by atoms with E-state index in [2.05, 4.69) is 5.32 Å². The van der Waals surface area contributed by atoms with Crippen LogP contribution in [-0.2, 0) is 20.5 Å². The standard InChI is InChI=1S/C27H34ClN3O3/c1-17-9-8-10-20(28)22(17)27(13-14-31(16-27)24(33)34-25(2,3)4)29-18-11-12-19-21(15-18)30(7)23(32)26(19,5)6/h8-12,15,29H,13-14,16H2,1-7H3/t27-/m0/s1. The molecule has 34 heavy (non-hydrogen) atoms. The van der Waals surface area contributed by atoms with Gasteiger partial charge in [0.15, 0.2) is 0 Å². The lowest BCUT2D eigenvalue weighted by Gasteiger charge is -2.35. The Kier molecular flexibility index (Phi) is 5.88. The summed E-state index contributed by atoms with van der Waals surface area (Å²) in [6.07, 6.45) is 0.343. The van der Waals surface area contributed by atoms with Gasteiger partial charge >= 0.3 is 6.09 Å². The number of ether oxygens (including phenoxy) is 1. The summed E-state index contributed by atoms with van der Waals surface area (Å²) in [5.41, 5.74) is 3.10. The molecular formula is C27H34ClN3O3. The van der Waals surface area contributed by atoms with Gasteiger partial charge in [0.1, 0.15) is 5.60 Å². The van der Waals surface area contributed by atoms with Crippen LogP contribution in [0.25, 0.3) is 0 Å². The van der Waals surface area contributed by atoms with Gasteiger partial charge in [0.25, 0.3) is 0 Å². The van der Waals surface area contributed by atoms with Gasteiger partial charge in [-0.15, -0.1) is 0 Å². The van der Waals surface area contributed by atoms with Crippen LogP contribution >= 0.6 is 11.6 Å². The van der Waals surface area contributed by atoms with Crippen molar-refractivity contribution in [2.24, 2.45) is 0 Å². The number of nitrogens with zero attached hydrogens (tertiary/aromatic N) is 2. The number of carbonyl (C=O) groups is 2. The first-order valence-electron chi connectivity index (χ1n) is 11.7. The van der Waals surface area contributed by atoms with E-state index in [0.717, 1.165) is 28.1 Å². The zero-order chi connectivity index (χ0) is 25.1. The van der Waals surface area contributed by atoms with Crippen molar-refractivity contribution in [2.75, 3.05) is 30.4 Å². The van der Waals surface area contributed by atoms with Crippen molar-refractivity contribution in [3.63, 3.8) is 0 Å². The molecule has 2 aromatic rings. The van der Waals surface area contributed by atoms with Crippen molar-refractivity contribution in [1.29, 1.82) is 0 Å². The number of likely N-dealkylation sites (N-methyl/N-ethyl adjacent to an activating group) is 1. The van der Waals surface area contributed by atoms with Gasteiger partial charge in [-0.05, 0) is 77.3 Å². The number of rotatable bonds is 3. The van der Waals surface area contributed by atoms with Crippen molar-refractivity contribution in [3.8, 4) is 0 Å². The molecule has 0 bridgehead atoms. The van der Waals surface area contributed by atoms with E-state index < -0.39 is 16.6 Å². The van der Waals surface area contributed by atoms with Gasteiger partial charge in [-0.3, -0.25) is 4.79 Å². The molecular weight excluding hydrogens is 450 g/mol. The molecule has 1 fully saturated rings. The smallest absolute Gasteiger partial charge is 0.410 e. The second kappa shape index (κ2) is 8.19. The normalized spacial score (nSPS) is 21.6. The highest BCUT2D eigenvalue weighted by Crippen LogP contribution is 2.45. The van der Waals surface area contributed by atoms with Crippen molar-refractivity contribution in [2.45, 2.75) is 64.5 Å². The number of hydrogen-bond acceptors (Lipinski definition) is 4. The quantitative estimate of drug-likeness (QED) is 0.594. The lowest BCUT2D eigenvalue weighted by Crippen LogP contribution is -2.42. The minimum atomic E-state index is -0.593. The summed E-state index contributed by atoms with van der Waals surface area (Å²) in [4.78, 5) is 29.1. The van der Waals surface area contributed by atoms with E-state index in [-0.39, 0.29) is 12.0 Å². The van der Waals surface area contributed by atoms with Gasteiger partial charge in [0.05, 0.1) is 17.5 Å². The number of hydrogen-bond donors (Lipinski definition) is 1. The summed E-state index contributed by atoms with van der Waals surface area (Å²) in [7, 11) is 1.81. The Hall–Kier alpha value is -2.73.